The molecule has 36 heavy (non-hydrogen) atoms. The Hall–Kier alpha value is -4.31. The highest BCUT2D eigenvalue weighted by Crippen LogP contribution is 2.40. The molecule has 1 N–H and O–H groups in total. The number of nitro benzene ring substituents is 1. The summed E-state index contributed by atoms with van der Waals surface area (Å²) in [6, 6.07) is 13.7. The third kappa shape index (κ3) is 4.63. The van der Waals surface area contributed by atoms with Gasteiger partial charge >= 0.3 is 11.9 Å². The first-order chi connectivity index (χ1) is 17.2. The Morgan fingerprint density at radius 1 is 0.972 bits per heavy atom. The number of nitrogens with one attached hydrogen (secondary N) is 1. The summed E-state index contributed by atoms with van der Waals surface area (Å²) in [5.74, 6) is -1.81. The van der Waals surface area contributed by atoms with E-state index in [2.05, 4.69) is 10.3 Å². The Balaban J connectivity index is 1.79. The van der Waals surface area contributed by atoms with E-state index >= 15 is 0 Å². The molecular formula is C26H23N3O6S. The average Bonchev–Trinajstić information content (AvgIpc) is 3.38. The summed E-state index contributed by atoms with van der Waals surface area (Å²) in [5.41, 5.74) is 4.52. The highest BCUT2D eigenvalue weighted by molar-refractivity contribution is 7.13. The third-order valence-electron chi connectivity index (χ3n) is 5.89. The molecule has 4 rings (SSSR count). The van der Waals surface area contributed by atoms with Crippen LogP contribution in [0.3, 0.4) is 0 Å². The Kier molecular flexibility index (Phi) is 6.98. The van der Waals surface area contributed by atoms with Crippen molar-refractivity contribution in [2.24, 2.45) is 0 Å². The van der Waals surface area contributed by atoms with Gasteiger partial charge in [-0.3, -0.25) is 10.1 Å². The number of allylic oxidation sites excluding steroid dienone is 2. The number of hydrogen-bond acceptors (Lipinski definition) is 9. The SMILES string of the molecule is COC(=O)C1=C(C)NC(C)=C(C(=O)OC)C1c1cccc(-c2nc(-c3cccc([N+](=O)[O-])c3)cs2)c1. The summed E-state index contributed by atoms with van der Waals surface area (Å²) in [5, 5.41) is 16.8. The maximum absolute atomic E-state index is 12.8. The highest BCUT2D eigenvalue weighted by Gasteiger charge is 2.37. The maximum Gasteiger partial charge on any atom is 0.336 e. The molecule has 184 valence electrons. The van der Waals surface area contributed by atoms with Crippen molar-refractivity contribution in [2.75, 3.05) is 14.2 Å². The monoisotopic (exact) mass is 505 g/mol. The quantitative estimate of drug-likeness (QED) is 0.283. The van der Waals surface area contributed by atoms with Gasteiger partial charge in [0.1, 0.15) is 5.01 Å². The van der Waals surface area contributed by atoms with Crippen LogP contribution in [0.4, 0.5) is 5.69 Å². The van der Waals surface area contributed by atoms with Gasteiger partial charge in [-0.1, -0.05) is 30.3 Å². The van der Waals surface area contributed by atoms with Crippen LogP contribution in [0.5, 0.6) is 0 Å². The van der Waals surface area contributed by atoms with E-state index in [0.717, 1.165) is 5.56 Å². The fraction of sp³-hybridized carbons (Fsp3) is 0.192. The van der Waals surface area contributed by atoms with Crippen molar-refractivity contribution in [2.45, 2.75) is 19.8 Å². The third-order valence-corrected chi connectivity index (χ3v) is 6.79. The molecule has 0 spiro atoms. The minimum absolute atomic E-state index is 0.00931. The molecule has 0 amide bonds. The van der Waals surface area contributed by atoms with E-state index in [1.54, 1.807) is 26.0 Å². The van der Waals surface area contributed by atoms with Crippen molar-refractivity contribution in [3.8, 4) is 21.8 Å². The zero-order valence-electron chi connectivity index (χ0n) is 20.0. The number of ether oxygens (including phenoxy) is 2. The number of dihydropyridines is 1. The molecule has 0 saturated heterocycles. The number of hydrogen-bond donors (Lipinski definition) is 1. The second-order valence-electron chi connectivity index (χ2n) is 8.09. The molecule has 9 nitrogen and oxygen atoms in total. The number of non-ortho nitro benzene ring substituents is 1. The molecule has 0 unspecified atom stereocenters. The number of carbonyl (C=O) groups is 2. The summed E-state index contributed by atoms with van der Waals surface area (Å²) in [6.45, 7) is 3.51. The van der Waals surface area contributed by atoms with Crippen LogP contribution in [0.25, 0.3) is 21.8 Å². The van der Waals surface area contributed by atoms with Gasteiger partial charge in [0, 0.05) is 40.0 Å². The number of aromatic nitrogens is 1. The molecule has 10 heteroatoms. The summed E-state index contributed by atoms with van der Waals surface area (Å²) in [7, 11) is 2.59. The second-order valence-corrected chi connectivity index (χ2v) is 8.95. The molecule has 3 aromatic rings. The number of nitro groups is 1. The highest BCUT2D eigenvalue weighted by atomic mass is 32.1. The predicted molar refractivity (Wildman–Crippen MR) is 135 cm³/mol. The number of nitrogens with zero attached hydrogens (tertiary/aromatic N) is 2. The Labute approximate surface area is 211 Å². The number of thiazole rings is 1. The van der Waals surface area contributed by atoms with Crippen LogP contribution in [0.2, 0.25) is 0 Å². The van der Waals surface area contributed by atoms with E-state index < -0.39 is 22.8 Å². The average molecular weight is 506 g/mol. The summed E-state index contributed by atoms with van der Waals surface area (Å²) in [6.07, 6.45) is 0. The minimum Gasteiger partial charge on any atom is -0.466 e. The van der Waals surface area contributed by atoms with Crippen molar-refractivity contribution < 1.29 is 24.0 Å². The number of methoxy groups -OCH3 is 2. The van der Waals surface area contributed by atoms with Gasteiger partial charge < -0.3 is 14.8 Å². The Morgan fingerprint density at radius 3 is 2.19 bits per heavy atom. The molecule has 2 aromatic carbocycles. The van der Waals surface area contributed by atoms with E-state index in [9.17, 15) is 19.7 Å². The van der Waals surface area contributed by atoms with Gasteiger partial charge in [-0.15, -0.1) is 11.3 Å². The lowest BCUT2D eigenvalue weighted by atomic mass is 9.80. The smallest absolute Gasteiger partial charge is 0.336 e. The van der Waals surface area contributed by atoms with Crippen LogP contribution in [0.15, 0.2) is 76.5 Å². The van der Waals surface area contributed by atoms with Crippen LogP contribution in [-0.4, -0.2) is 36.1 Å². The summed E-state index contributed by atoms with van der Waals surface area (Å²) >= 11 is 1.39. The second kappa shape index (κ2) is 10.1. The van der Waals surface area contributed by atoms with Crippen molar-refractivity contribution in [3.63, 3.8) is 0 Å². The topological polar surface area (TPSA) is 121 Å². The molecule has 0 bridgehead atoms. The van der Waals surface area contributed by atoms with Gasteiger partial charge in [-0.25, -0.2) is 14.6 Å². The van der Waals surface area contributed by atoms with Crippen molar-refractivity contribution >= 4 is 29.0 Å². The van der Waals surface area contributed by atoms with E-state index in [0.29, 0.717) is 44.4 Å². The predicted octanol–water partition coefficient (Wildman–Crippen LogP) is 4.97. The van der Waals surface area contributed by atoms with Gasteiger partial charge in [0.15, 0.2) is 0 Å². The van der Waals surface area contributed by atoms with Gasteiger partial charge in [0.05, 0.1) is 41.9 Å². The fourth-order valence-electron chi connectivity index (χ4n) is 4.26. The number of carbonyl (C=O) groups excluding carboxylic acids is 2. The van der Waals surface area contributed by atoms with E-state index in [1.807, 2.05) is 29.6 Å². The van der Waals surface area contributed by atoms with Crippen LogP contribution in [0.1, 0.15) is 25.3 Å². The van der Waals surface area contributed by atoms with Crippen molar-refractivity contribution in [1.29, 1.82) is 0 Å². The molecule has 0 atom stereocenters. The number of esters is 2. The van der Waals surface area contributed by atoms with Gasteiger partial charge in [-0.2, -0.15) is 0 Å². The lowest BCUT2D eigenvalue weighted by Crippen LogP contribution is -2.32. The normalized spacial score (nSPS) is 13.9. The minimum atomic E-state index is -0.706. The zero-order valence-corrected chi connectivity index (χ0v) is 20.8. The van der Waals surface area contributed by atoms with Crippen molar-refractivity contribution in [1.82, 2.24) is 10.3 Å². The Morgan fingerprint density at radius 2 is 1.58 bits per heavy atom. The van der Waals surface area contributed by atoms with Gasteiger partial charge in [0.2, 0.25) is 0 Å². The summed E-state index contributed by atoms with van der Waals surface area (Å²) < 4.78 is 10.1. The van der Waals surface area contributed by atoms with Gasteiger partial charge in [0.25, 0.3) is 5.69 Å². The van der Waals surface area contributed by atoms with E-state index in [4.69, 9.17) is 9.47 Å². The van der Waals surface area contributed by atoms with E-state index in [-0.39, 0.29) is 5.69 Å². The van der Waals surface area contributed by atoms with E-state index in [1.165, 1.54) is 37.7 Å². The molecule has 1 aliphatic heterocycles. The van der Waals surface area contributed by atoms with Gasteiger partial charge in [-0.05, 0) is 25.5 Å². The lowest BCUT2D eigenvalue weighted by Gasteiger charge is -2.30. The van der Waals surface area contributed by atoms with Crippen LogP contribution >= 0.6 is 11.3 Å². The molecule has 0 fully saturated rings. The largest absolute Gasteiger partial charge is 0.466 e. The lowest BCUT2D eigenvalue weighted by molar-refractivity contribution is -0.384. The number of rotatable bonds is 6. The molecular weight excluding hydrogens is 482 g/mol. The first-order valence-corrected chi connectivity index (χ1v) is 11.8. The fourth-order valence-corrected chi connectivity index (χ4v) is 5.08. The summed E-state index contributed by atoms with van der Waals surface area (Å²) in [4.78, 5) is 40.9. The van der Waals surface area contributed by atoms with Crippen molar-refractivity contribution in [3.05, 3.63) is 92.1 Å². The zero-order chi connectivity index (χ0) is 26.0. The Bertz CT molecular complexity index is 1400. The molecule has 0 aliphatic carbocycles. The molecule has 2 heterocycles. The maximum atomic E-state index is 12.8. The first kappa shape index (κ1) is 24.8. The van der Waals surface area contributed by atoms with Crippen LogP contribution in [0, 0.1) is 10.1 Å². The first-order valence-electron chi connectivity index (χ1n) is 10.9. The molecule has 0 saturated carbocycles. The molecule has 0 radical (unpaired) electrons. The number of benzene rings is 2. The van der Waals surface area contributed by atoms with Crippen LogP contribution in [-0.2, 0) is 19.1 Å². The molecule has 1 aromatic heterocycles. The van der Waals surface area contributed by atoms with Crippen LogP contribution < -0.4 is 5.32 Å². The molecule has 1 aliphatic rings. The standard InChI is InChI=1S/C26H23N3O6S/c1-14-21(25(30)34-3)23(22(15(2)27-14)26(31)35-4)17-8-5-9-18(11-17)24-28-20(13-36-24)16-7-6-10-19(12-16)29(32)33/h5-13,23,27H,1-4H3.